The summed E-state index contributed by atoms with van der Waals surface area (Å²) in [6.07, 6.45) is 4.49. The lowest BCUT2D eigenvalue weighted by atomic mass is 10.0. The summed E-state index contributed by atoms with van der Waals surface area (Å²) in [5.41, 5.74) is 5.87. The van der Waals surface area contributed by atoms with E-state index >= 15 is 0 Å². The van der Waals surface area contributed by atoms with Crippen LogP contribution in [0.25, 0.3) is 0 Å². The van der Waals surface area contributed by atoms with E-state index < -0.39 is 0 Å². The minimum absolute atomic E-state index is 0.187. The molecule has 2 aliphatic rings. The molecule has 2 aliphatic heterocycles. The number of hydrogen-bond acceptors (Lipinski definition) is 5. The second-order valence-electron chi connectivity index (χ2n) is 9.79. The van der Waals surface area contributed by atoms with Crippen LogP contribution in [0.15, 0.2) is 0 Å². The van der Waals surface area contributed by atoms with Gasteiger partial charge >= 0.3 is 0 Å². The van der Waals surface area contributed by atoms with E-state index in [1.807, 2.05) is 4.90 Å². The Morgan fingerprint density at radius 1 is 1.09 bits per heavy atom. The fourth-order valence-electron chi connectivity index (χ4n) is 5.15. The van der Waals surface area contributed by atoms with Crippen molar-refractivity contribution in [2.75, 3.05) is 18.0 Å². The number of aryl methyl sites for hydroxylation is 3. The molecule has 2 aromatic heterocycles. The lowest BCUT2D eigenvalue weighted by molar-refractivity contribution is -0.119. The maximum Gasteiger partial charge on any atom is 0.228 e. The first-order valence-corrected chi connectivity index (χ1v) is 12.2. The van der Waals surface area contributed by atoms with Gasteiger partial charge in [0.15, 0.2) is 0 Å². The largest absolute Gasteiger partial charge is 0.296 e. The summed E-state index contributed by atoms with van der Waals surface area (Å²) in [6, 6.07) is 0.187. The third-order valence-corrected chi connectivity index (χ3v) is 7.14. The molecule has 0 bridgehead atoms. The van der Waals surface area contributed by atoms with Crippen LogP contribution in [0.3, 0.4) is 0 Å². The zero-order valence-corrected chi connectivity index (χ0v) is 20.6. The number of aromatic nitrogens is 4. The average Bonchev–Trinajstić information content (AvgIpc) is 3.32. The summed E-state index contributed by atoms with van der Waals surface area (Å²) in [6.45, 7) is 16.4. The maximum atomic E-state index is 12.8. The molecule has 0 spiro atoms. The fraction of sp³-hybridized carbons (Fsp3) is 0.680. The Morgan fingerprint density at radius 3 is 2.56 bits per heavy atom. The van der Waals surface area contributed by atoms with Gasteiger partial charge in [0.05, 0.1) is 11.7 Å². The van der Waals surface area contributed by atoms with E-state index in [0.717, 1.165) is 80.5 Å². The van der Waals surface area contributed by atoms with Gasteiger partial charge in [0.2, 0.25) is 5.91 Å². The molecule has 1 amide bonds. The van der Waals surface area contributed by atoms with Crippen LogP contribution in [0.1, 0.15) is 86.5 Å². The third kappa shape index (κ3) is 4.32. The maximum absolute atomic E-state index is 12.8. The monoisotopic (exact) mass is 438 g/mol. The molecule has 0 N–H and O–H groups in total. The highest BCUT2D eigenvalue weighted by Gasteiger charge is 2.33. The molecule has 174 valence electrons. The Balaban J connectivity index is 1.64. The molecule has 0 radical (unpaired) electrons. The molecule has 2 aromatic rings. The van der Waals surface area contributed by atoms with Crippen molar-refractivity contribution in [3.63, 3.8) is 0 Å². The number of hydrogen-bond donors (Lipinski definition) is 0. The van der Waals surface area contributed by atoms with Crippen molar-refractivity contribution in [1.82, 2.24) is 24.6 Å². The Hall–Kier alpha value is -2.28. The highest BCUT2D eigenvalue weighted by atomic mass is 16.2. The average molecular weight is 439 g/mol. The standard InChI is InChI=1S/C25H38N6O/c1-7-31-19(6)21(18(5)28-31)15-29-13-8-9-22(29)24-26-17(4)20-10-11-23(32)30(25(20)27-24)14-12-16(2)3/h16,22H,7-15H2,1-6H3/t22-/m0/s1. The molecule has 1 atom stereocenters. The zero-order chi connectivity index (χ0) is 23.0. The van der Waals surface area contributed by atoms with Crippen LogP contribution in [0.2, 0.25) is 0 Å². The molecule has 0 saturated carbocycles. The summed E-state index contributed by atoms with van der Waals surface area (Å²) >= 11 is 0. The topological polar surface area (TPSA) is 67.2 Å². The van der Waals surface area contributed by atoms with E-state index in [1.165, 1.54) is 11.3 Å². The zero-order valence-electron chi connectivity index (χ0n) is 20.6. The summed E-state index contributed by atoms with van der Waals surface area (Å²) in [5.74, 6) is 2.49. The lowest BCUT2D eigenvalue weighted by Crippen LogP contribution is -2.38. The number of carbonyl (C=O) groups excluding carboxylic acids is 1. The summed E-state index contributed by atoms with van der Waals surface area (Å²) in [7, 11) is 0. The van der Waals surface area contributed by atoms with E-state index in [1.54, 1.807) is 0 Å². The van der Waals surface area contributed by atoms with Gasteiger partial charge in [0, 0.05) is 48.6 Å². The van der Waals surface area contributed by atoms with Gasteiger partial charge in [-0.15, -0.1) is 0 Å². The lowest BCUT2D eigenvalue weighted by Gasteiger charge is -2.31. The van der Waals surface area contributed by atoms with Crippen LogP contribution in [0.4, 0.5) is 5.82 Å². The smallest absolute Gasteiger partial charge is 0.228 e. The number of anilines is 1. The highest BCUT2D eigenvalue weighted by molar-refractivity contribution is 5.95. The Kier molecular flexibility index (Phi) is 6.65. The molecule has 7 nitrogen and oxygen atoms in total. The van der Waals surface area contributed by atoms with Gasteiger partial charge in [-0.2, -0.15) is 5.10 Å². The van der Waals surface area contributed by atoms with Crippen LogP contribution in [0.5, 0.6) is 0 Å². The van der Waals surface area contributed by atoms with E-state index in [0.29, 0.717) is 12.3 Å². The molecule has 0 unspecified atom stereocenters. The molecule has 4 heterocycles. The molecular weight excluding hydrogens is 400 g/mol. The van der Waals surface area contributed by atoms with Gasteiger partial charge in [-0.05, 0) is 65.8 Å². The quantitative estimate of drug-likeness (QED) is 0.645. The second kappa shape index (κ2) is 9.30. The van der Waals surface area contributed by atoms with E-state index in [4.69, 9.17) is 15.1 Å². The first-order chi connectivity index (χ1) is 15.3. The SMILES string of the molecule is CCn1nc(C)c(CN2CCC[C@H]2c2nc(C)c3c(n2)N(CCC(C)C)C(=O)CC3)c1C. The molecule has 1 fully saturated rings. The van der Waals surface area contributed by atoms with Crippen LogP contribution in [-0.2, 0) is 24.3 Å². The van der Waals surface area contributed by atoms with E-state index in [-0.39, 0.29) is 11.9 Å². The first-order valence-electron chi connectivity index (χ1n) is 12.2. The molecule has 0 aliphatic carbocycles. The Morgan fingerprint density at radius 2 is 1.88 bits per heavy atom. The summed E-state index contributed by atoms with van der Waals surface area (Å²) < 4.78 is 2.09. The van der Waals surface area contributed by atoms with Crippen LogP contribution < -0.4 is 4.90 Å². The normalized spacial score (nSPS) is 19.3. The molecule has 4 rings (SSSR count). The van der Waals surface area contributed by atoms with Gasteiger partial charge in [-0.3, -0.25) is 19.3 Å². The minimum Gasteiger partial charge on any atom is -0.296 e. The van der Waals surface area contributed by atoms with Crippen LogP contribution in [0, 0.1) is 26.7 Å². The van der Waals surface area contributed by atoms with Crippen molar-refractivity contribution in [2.45, 2.75) is 92.8 Å². The molecule has 32 heavy (non-hydrogen) atoms. The van der Waals surface area contributed by atoms with Crippen molar-refractivity contribution in [2.24, 2.45) is 5.92 Å². The molecule has 7 heteroatoms. The van der Waals surface area contributed by atoms with Gasteiger partial charge < -0.3 is 0 Å². The van der Waals surface area contributed by atoms with E-state index in [2.05, 4.69) is 51.1 Å². The van der Waals surface area contributed by atoms with Gasteiger partial charge in [0.25, 0.3) is 0 Å². The van der Waals surface area contributed by atoms with Crippen molar-refractivity contribution in [1.29, 1.82) is 0 Å². The fourth-order valence-corrected chi connectivity index (χ4v) is 5.15. The summed E-state index contributed by atoms with van der Waals surface area (Å²) in [5, 5.41) is 4.71. The molecule has 0 aromatic carbocycles. The molecule has 1 saturated heterocycles. The number of rotatable bonds is 7. The first kappa shape index (κ1) is 22.9. The number of fused-ring (bicyclic) bond motifs is 1. The highest BCUT2D eigenvalue weighted by Crippen LogP contribution is 2.36. The van der Waals surface area contributed by atoms with Crippen LogP contribution in [-0.4, -0.2) is 43.6 Å². The summed E-state index contributed by atoms with van der Waals surface area (Å²) in [4.78, 5) is 27.2. The van der Waals surface area contributed by atoms with Gasteiger partial charge in [-0.25, -0.2) is 9.97 Å². The predicted octanol–water partition coefficient (Wildman–Crippen LogP) is 4.28. The van der Waals surface area contributed by atoms with Gasteiger partial charge in [0.1, 0.15) is 11.6 Å². The van der Waals surface area contributed by atoms with Crippen molar-refractivity contribution in [3.8, 4) is 0 Å². The second-order valence-corrected chi connectivity index (χ2v) is 9.79. The molecular formula is C25H38N6O. The third-order valence-electron chi connectivity index (χ3n) is 7.14. The Bertz CT molecular complexity index is 995. The Labute approximate surface area is 192 Å². The predicted molar refractivity (Wildman–Crippen MR) is 127 cm³/mol. The van der Waals surface area contributed by atoms with Crippen molar-refractivity contribution in [3.05, 3.63) is 34.0 Å². The van der Waals surface area contributed by atoms with Crippen LogP contribution >= 0.6 is 0 Å². The number of amides is 1. The minimum atomic E-state index is 0.187. The van der Waals surface area contributed by atoms with Crippen molar-refractivity contribution < 1.29 is 4.79 Å². The van der Waals surface area contributed by atoms with E-state index in [9.17, 15) is 4.79 Å². The van der Waals surface area contributed by atoms with Gasteiger partial charge in [-0.1, -0.05) is 13.8 Å². The number of carbonyl (C=O) groups is 1. The number of nitrogens with zero attached hydrogens (tertiary/aromatic N) is 6. The van der Waals surface area contributed by atoms with Crippen molar-refractivity contribution >= 4 is 11.7 Å². The number of likely N-dealkylation sites (tertiary alicyclic amines) is 1.